The molecule has 3 nitrogen and oxygen atoms in total. The predicted molar refractivity (Wildman–Crippen MR) is 102 cm³/mol. The lowest BCUT2D eigenvalue weighted by Crippen LogP contribution is -2.32. The van der Waals surface area contributed by atoms with Crippen LogP contribution in [0.5, 0.6) is 0 Å². The summed E-state index contributed by atoms with van der Waals surface area (Å²) in [5.41, 5.74) is 2.69. The van der Waals surface area contributed by atoms with Crippen molar-refractivity contribution in [3.8, 4) is 0 Å². The van der Waals surface area contributed by atoms with E-state index in [9.17, 15) is 13.6 Å². The highest BCUT2D eigenvalue weighted by Gasteiger charge is 2.16. The van der Waals surface area contributed by atoms with Gasteiger partial charge in [0.05, 0.1) is 12.6 Å². The third-order valence-electron chi connectivity index (χ3n) is 4.24. The summed E-state index contributed by atoms with van der Waals surface area (Å²) in [5, 5.41) is 5.47. The Hall–Kier alpha value is -3.05. The Morgan fingerprint density at radius 3 is 2.07 bits per heavy atom. The van der Waals surface area contributed by atoms with Crippen molar-refractivity contribution in [2.75, 3.05) is 11.9 Å². The largest absolute Gasteiger partial charge is 0.320 e. The smallest absolute Gasteiger partial charge is 0.238 e. The Kier molecular flexibility index (Phi) is 5.94. The van der Waals surface area contributed by atoms with Gasteiger partial charge in [-0.25, -0.2) is 8.78 Å². The lowest BCUT2D eigenvalue weighted by molar-refractivity contribution is -0.115. The summed E-state index contributed by atoms with van der Waals surface area (Å²) in [7, 11) is 0. The number of carbonyl (C=O) groups excluding carboxylic acids is 1. The van der Waals surface area contributed by atoms with E-state index in [2.05, 4.69) is 10.6 Å². The average Bonchev–Trinajstić information content (AvgIpc) is 2.67. The lowest BCUT2D eigenvalue weighted by atomic mass is 9.98. The van der Waals surface area contributed by atoms with E-state index in [0.29, 0.717) is 0 Å². The molecule has 0 aliphatic heterocycles. The van der Waals surface area contributed by atoms with E-state index in [0.717, 1.165) is 28.8 Å². The van der Waals surface area contributed by atoms with E-state index in [1.165, 1.54) is 6.07 Å². The molecule has 0 heterocycles. The Labute approximate surface area is 157 Å². The normalized spacial score (nSPS) is 11.8. The van der Waals surface area contributed by atoms with Crippen LogP contribution in [0.15, 0.2) is 72.8 Å². The second kappa shape index (κ2) is 8.56. The molecule has 27 heavy (non-hydrogen) atoms. The predicted octanol–water partition coefficient (Wildman–Crippen LogP) is 4.59. The number of aryl methyl sites for hydroxylation is 1. The number of carbonyl (C=O) groups is 1. The molecule has 3 aromatic rings. The minimum Gasteiger partial charge on any atom is -0.320 e. The van der Waals surface area contributed by atoms with Crippen LogP contribution in [-0.2, 0) is 4.79 Å². The van der Waals surface area contributed by atoms with Gasteiger partial charge in [0.15, 0.2) is 0 Å². The summed E-state index contributed by atoms with van der Waals surface area (Å²) < 4.78 is 27.4. The van der Waals surface area contributed by atoms with Crippen LogP contribution in [-0.4, -0.2) is 12.5 Å². The summed E-state index contributed by atoms with van der Waals surface area (Å²) in [5.74, 6) is -2.13. The molecule has 138 valence electrons. The van der Waals surface area contributed by atoms with Crippen molar-refractivity contribution >= 4 is 11.6 Å². The zero-order valence-corrected chi connectivity index (χ0v) is 14.9. The van der Waals surface area contributed by atoms with Gasteiger partial charge in [0.2, 0.25) is 5.91 Å². The van der Waals surface area contributed by atoms with E-state index in [-0.39, 0.29) is 12.6 Å². The standard InChI is InChI=1S/C22H20F2N2O/c1-15-10-12-17(13-11-15)21(16-6-3-2-4-7-16)25-14-20(27)26-22-18(23)8-5-9-19(22)24/h2-13,21,25H,14H2,1H3,(H,26,27)/t21-/m1/s1. The fourth-order valence-corrected chi connectivity index (χ4v) is 2.83. The molecule has 3 aromatic carbocycles. The first-order valence-electron chi connectivity index (χ1n) is 8.63. The first-order chi connectivity index (χ1) is 13.0. The Bertz CT molecular complexity index is 891. The van der Waals surface area contributed by atoms with Gasteiger partial charge < -0.3 is 5.32 Å². The number of para-hydroxylation sites is 1. The lowest BCUT2D eigenvalue weighted by Gasteiger charge is -2.20. The molecule has 0 bridgehead atoms. The number of nitrogens with one attached hydrogen (secondary N) is 2. The summed E-state index contributed by atoms with van der Waals surface area (Å²) in [6.45, 7) is 1.91. The minimum absolute atomic E-state index is 0.0960. The minimum atomic E-state index is -0.804. The van der Waals surface area contributed by atoms with Gasteiger partial charge in [0.1, 0.15) is 17.3 Å². The van der Waals surface area contributed by atoms with Gasteiger partial charge in [-0.05, 0) is 30.2 Å². The Balaban J connectivity index is 1.75. The Morgan fingerprint density at radius 1 is 0.852 bits per heavy atom. The molecule has 2 N–H and O–H groups in total. The van der Waals surface area contributed by atoms with E-state index in [1.807, 2.05) is 61.5 Å². The van der Waals surface area contributed by atoms with E-state index in [4.69, 9.17) is 0 Å². The van der Waals surface area contributed by atoms with Crippen LogP contribution in [0.1, 0.15) is 22.7 Å². The summed E-state index contributed by atoms with van der Waals surface area (Å²) in [4.78, 5) is 12.2. The molecular formula is C22H20F2N2O. The fourth-order valence-electron chi connectivity index (χ4n) is 2.83. The van der Waals surface area contributed by atoms with Gasteiger partial charge in [-0.15, -0.1) is 0 Å². The molecule has 1 amide bonds. The molecule has 0 unspecified atom stereocenters. The molecule has 0 aliphatic carbocycles. The highest BCUT2D eigenvalue weighted by atomic mass is 19.1. The third-order valence-corrected chi connectivity index (χ3v) is 4.24. The molecule has 3 rings (SSSR count). The molecule has 0 saturated carbocycles. The second-order valence-corrected chi connectivity index (χ2v) is 6.28. The zero-order chi connectivity index (χ0) is 19.2. The van der Waals surface area contributed by atoms with E-state index < -0.39 is 23.2 Å². The van der Waals surface area contributed by atoms with Gasteiger partial charge >= 0.3 is 0 Å². The van der Waals surface area contributed by atoms with Crippen LogP contribution in [0.4, 0.5) is 14.5 Å². The monoisotopic (exact) mass is 366 g/mol. The molecule has 0 spiro atoms. The van der Waals surface area contributed by atoms with Crippen LogP contribution in [0.25, 0.3) is 0 Å². The van der Waals surface area contributed by atoms with E-state index >= 15 is 0 Å². The fraction of sp³-hybridized carbons (Fsp3) is 0.136. The van der Waals surface area contributed by atoms with E-state index in [1.54, 1.807) is 0 Å². The zero-order valence-electron chi connectivity index (χ0n) is 14.9. The van der Waals surface area contributed by atoms with Gasteiger partial charge in [-0.1, -0.05) is 66.2 Å². The number of amides is 1. The molecule has 0 fully saturated rings. The van der Waals surface area contributed by atoms with Crippen LogP contribution in [0.3, 0.4) is 0 Å². The summed E-state index contributed by atoms with van der Waals surface area (Å²) in [6.07, 6.45) is 0. The quantitative estimate of drug-likeness (QED) is 0.670. The first kappa shape index (κ1) is 18.7. The highest BCUT2D eigenvalue weighted by molar-refractivity contribution is 5.92. The maximum absolute atomic E-state index is 13.7. The Morgan fingerprint density at radius 2 is 1.44 bits per heavy atom. The number of hydrogen-bond acceptors (Lipinski definition) is 2. The molecule has 5 heteroatoms. The summed E-state index contributed by atoms with van der Waals surface area (Å²) >= 11 is 0. The molecular weight excluding hydrogens is 346 g/mol. The topological polar surface area (TPSA) is 41.1 Å². The van der Waals surface area contributed by atoms with Crippen molar-refractivity contribution < 1.29 is 13.6 Å². The molecule has 0 radical (unpaired) electrons. The number of benzene rings is 3. The number of hydrogen-bond donors (Lipinski definition) is 2. The SMILES string of the molecule is Cc1ccc([C@H](NCC(=O)Nc2c(F)cccc2F)c2ccccc2)cc1. The molecule has 0 aromatic heterocycles. The van der Waals surface area contributed by atoms with Crippen molar-refractivity contribution in [1.29, 1.82) is 0 Å². The van der Waals surface area contributed by atoms with Crippen LogP contribution >= 0.6 is 0 Å². The molecule has 1 atom stereocenters. The van der Waals surface area contributed by atoms with Gasteiger partial charge in [0, 0.05) is 0 Å². The van der Waals surface area contributed by atoms with Crippen molar-refractivity contribution in [1.82, 2.24) is 5.32 Å². The number of anilines is 1. The van der Waals surface area contributed by atoms with Gasteiger partial charge in [-0.3, -0.25) is 10.1 Å². The van der Waals surface area contributed by atoms with Crippen molar-refractivity contribution in [2.45, 2.75) is 13.0 Å². The highest BCUT2D eigenvalue weighted by Crippen LogP contribution is 2.22. The first-order valence-corrected chi connectivity index (χ1v) is 8.63. The maximum Gasteiger partial charge on any atom is 0.238 e. The maximum atomic E-state index is 13.7. The average molecular weight is 366 g/mol. The second-order valence-electron chi connectivity index (χ2n) is 6.28. The number of rotatable bonds is 6. The number of halogens is 2. The van der Waals surface area contributed by atoms with Crippen molar-refractivity contribution in [3.63, 3.8) is 0 Å². The van der Waals surface area contributed by atoms with Crippen LogP contribution in [0.2, 0.25) is 0 Å². The van der Waals surface area contributed by atoms with Gasteiger partial charge in [-0.2, -0.15) is 0 Å². The van der Waals surface area contributed by atoms with Crippen molar-refractivity contribution in [2.24, 2.45) is 0 Å². The van der Waals surface area contributed by atoms with Crippen LogP contribution < -0.4 is 10.6 Å². The molecule has 0 saturated heterocycles. The third kappa shape index (κ3) is 4.77. The molecule has 0 aliphatic rings. The summed E-state index contributed by atoms with van der Waals surface area (Å²) in [6, 6.07) is 20.9. The van der Waals surface area contributed by atoms with Gasteiger partial charge in [0.25, 0.3) is 0 Å². The van der Waals surface area contributed by atoms with Crippen molar-refractivity contribution in [3.05, 3.63) is 101 Å². The van der Waals surface area contributed by atoms with Crippen LogP contribution in [0, 0.1) is 18.6 Å².